The molecule has 3 fully saturated rings. The quantitative estimate of drug-likeness (QED) is 0.892. The van der Waals surface area contributed by atoms with E-state index in [0.29, 0.717) is 19.3 Å². The van der Waals surface area contributed by atoms with Crippen LogP contribution in [0.15, 0.2) is 18.2 Å². The minimum atomic E-state index is -0.873. The van der Waals surface area contributed by atoms with E-state index in [-0.39, 0.29) is 40.8 Å². The maximum Gasteiger partial charge on any atom is 0.224 e. The van der Waals surface area contributed by atoms with Crippen LogP contribution in [0.4, 0.5) is 8.78 Å². The molecule has 0 radical (unpaired) electrons. The van der Waals surface area contributed by atoms with Crippen LogP contribution in [-0.4, -0.2) is 23.4 Å². The van der Waals surface area contributed by atoms with Crippen molar-refractivity contribution in [1.29, 1.82) is 0 Å². The van der Waals surface area contributed by atoms with E-state index < -0.39 is 11.6 Å². The van der Waals surface area contributed by atoms with Crippen molar-refractivity contribution in [2.45, 2.75) is 56.0 Å². The number of hydrogen-bond donors (Lipinski definition) is 2. The van der Waals surface area contributed by atoms with Gasteiger partial charge < -0.3 is 10.6 Å². The molecule has 4 nitrogen and oxygen atoms in total. The first kappa shape index (κ1) is 15.5. The highest BCUT2D eigenvalue weighted by atomic mass is 19.2. The van der Waals surface area contributed by atoms with Gasteiger partial charge in [-0.05, 0) is 49.7 Å². The van der Waals surface area contributed by atoms with E-state index >= 15 is 0 Å². The van der Waals surface area contributed by atoms with Gasteiger partial charge in [-0.2, -0.15) is 0 Å². The van der Waals surface area contributed by atoms with E-state index in [9.17, 15) is 18.4 Å². The van der Waals surface area contributed by atoms with Gasteiger partial charge in [0.15, 0.2) is 11.6 Å². The lowest BCUT2D eigenvalue weighted by Gasteiger charge is -2.51. The number of carbonyl (C=O) groups is 2. The summed E-state index contributed by atoms with van der Waals surface area (Å²) in [5.74, 6) is -2.35. The highest BCUT2D eigenvalue weighted by molar-refractivity contribution is 5.84. The molecule has 0 unspecified atom stereocenters. The van der Waals surface area contributed by atoms with Gasteiger partial charge in [-0.25, -0.2) is 8.78 Å². The number of amides is 2. The second-order valence-corrected chi connectivity index (χ2v) is 7.25. The summed E-state index contributed by atoms with van der Waals surface area (Å²) in [6.07, 6.45) is 4.42. The minimum Gasteiger partial charge on any atom is -0.351 e. The lowest BCUT2D eigenvalue weighted by Crippen LogP contribution is -2.68. The van der Waals surface area contributed by atoms with Gasteiger partial charge in [0.05, 0.1) is 11.6 Å². The Bertz CT molecular complexity index is 702. The molecule has 0 bridgehead atoms. The second kappa shape index (κ2) is 5.53. The first-order chi connectivity index (χ1) is 11.5. The molecule has 1 saturated heterocycles. The maximum atomic E-state index is 13.9. The zero-order chi connectivity index (χ0) is 16.9. The number of piperidine rings is 1. The van der Waals surface area contributed by atoms with Crippen molar-refractivity contribution in [3.8, 4) is 0 Å². The van der Waals surface area contributed by atoms with E-state index in [4.69, 9.17) is 0 Å². The third-order valence-electron chi connectivity index (χ3n) is 5.79. The minimum absolute atomic E-state index is 0.0475. The largest absolute Gasteiger partial charge is 0.351 e. The van der Waals surface area contributed by atoms with Gasteiger partial charge in [-0.3, -0.25) is 9.59 Å². The van der Waals surface area contributed by atoms with Crippen molar-refractivity contribution in [2.75, 3.05) is 0 Å². The Balaban J connectivity index is 1.43. The Morgan fingerprint density at radius 1 is 1.29 bits per heavy atom. The fourth-order valence-electron chi connectivity index (χ4n) is 4.13. The second-order valence-electron chi connectivity index (χ2n) is 7.25. The Hall–Kier alpha value is -1.98. The van der Waals surface area contributed by atoms with Gasteiger partial charge in [0.25, 0.3) is 0 Å². The first-order valence-corrected chi connectivity index (χ1v) is 8.55. The first-order valence-electron chi connectivity index (χ1n) is 8.55. The third-order valence-corrected chi connectivity index (χ3v) is 5.79. The predicted molar refractivity (Wildman–Crippen MR) is 83.1 cm³/mol. The van der Waals surface area contributed by atoms with Crippen LogP contribution in [0.5, 0.6) is 0 Å². The number of benzene rings is 1. The number of halogens is 2. The summed E-state index contributed by atoms with van der Waals surface area (Å²) in [4.78, 5) is 24.2. The van der Waals surface area contributed by atoms with Crippen LogP contribution in [0.25, 0.3) is 0 Å². The fourth-order valence-corrected chi connectivity index (χ4v) is 4.13. The fraction of sp³-hybridized carbons (Fsp3) is 0.556. The van der Waals surface area contributed by atoms with Gasteiger partial charge in [-0.1, -0.05) is 12.1 Å². The summed E-state index contributed by atoms with van der Waals surface area (Å²) in [6, 6.07) is 4.04. The average molecular weight is 334 g/mol. The van der Waals surface area contributed by atoms with Gasteiger partial charge >= 0.3 is 0 Å². The van der Waals surface area contributed by atoms with Gasteiger partial charge in [-0.15, -0.1) is 0 Å². The Morgan fingerprint density at radius 2 is 2.08 bits per heavy atom. The smallest absolute Gasteiger partial charge is 0.224 e. The lowest BCUT2D eigenvalue weighted by atomic mass is 9.68. The van der Waals surface area contributed by atoms with Crippen LogP contribution in [0.1, 0.15) is 50.0 Å². The van der Waals surface area contributed by atoms with Crippen LogP contribution >= 0.6 is 0 Å². The topological polar surface area (TPSA) is 58.2 Å². The van der Waals surface area contributed by atoms with Crippen LogP contribution in [0.2, 0.25) is 0 Å². The number of hydrogen-bond acceptors (Lipinski definition) is 2. The van der Waals surface area contributed by atoms with Crippen molar-refractivity contribution in [1.82, 2.24) is 10.6 Å². The zero-order valence-corrected chi connectivity index (χ0v) is 13.3. The molecule has 2 aliphatic carbocycles. The molecule has 24 heavy (non-hydrogen) atoms. The molecule has 4 rings (SSSR count). The number of nitrogens with one attached hydrogen (secondary N) is 2. The molecular weight excluding hydrogens is 314 g/mol. The zero-order valence-electron chi connectivity index (χ0n) is 13.3. The molecular formula is C18H20F2N2O2. The van der Waals surface area contributed by atoms with Crippen LogP contribution in [0.3, 0.4) is 0 Å². The number of carbonyl (C=O) groups excluding carboxylic acids is 2. The summed E-state index contributed by atoms with van der Waals surface area (Å²) < 4.78 is 27.2. The third kappa shape index (κ3) is 2.48. The molecule has 2 saturated carbocycles. The van der Waals surface area contributed by atoms with Gasteiger partial charge in [0.2, 0.25) is 11.8 Å². The number of rotatable bonds is 3. The molecule has 3 atom stereocenters. The average Bonchev–Trinajstić information content (AvgIpc) is 3.30. The predicted octanol–water partition coefficient (Wildman–Crippen LogP) is 2.39. The van der Waals surface area contributed by atoms with Crippen molar-refractivity contribution >= 4 is 11.8 Å². The summed E-state index contributed by atoms with van der Waals surface area (Å²) in [7, 11) is 0. The van der Waals surface area contributed by atoms with Crippen LogP contribution in [-0.2, 0) is 9.59 Å². The summed E-state index contributed by atoms with van der Waals surface area (Å²) in [5, 5.41) is 6.10. The summed E-state index contributed by atoms with van der Waals surface area (Å²) >= 11 is 0. The van der Waals surface area contributed by atoms with Gasteiger partial charge in [0.1, 0.15) is 0 Å². The standard InChI is InChI=1S/C18H20F2N2O2/c19-13-4-1-3-10(16(13)20)11-9-12(11)17(24)21-14-5-6-15(23)22-18(14)7-2-8-18/h1,3-4,11-12,14H,2,5-9H2,(H,21,24)(H,22,23)/t11-,12+,14+/m1/s1. The highest BCUT2D eigenvalue weighted by Gasteiger charge is 2.51. The van der Waals surface area contributed by atoms with Crippen molar-refractivity contribution in [3.63, 3.8) is 0 Å². The van der Waals surface area contributed by atoms with Crippen molar-refractivity contribution in [2.24, 2.45) is 5.92 Å². The molecule has 3 aliphatic rings. The SMILES string of the molecule is O=C1CC[C@H](NC(=O)[C@H]2C[C@@H]2c2cccc(F)c2F)C2(CCC2)N1. The van der Waals surface area contributed by atoms with Crippen molar-refractivity contribution in [3.05, 3.63) is 35.4 Å². The van der Waals surface area contributed by atoms with Crippen LogP contribution < -0.4 is 10.6 Å². The maximum absolute atomic E-state index is 13.9. The Kier molecular flexibility index (Phi) is 3.58. The molecule has 1 aromatic rings. The van der Waals surface area contributed by atoms with Crippen LogP contribution in [0, 0.1) is 17.6 Å². The molecule has 1 heterocycles. The summed E-state index contributed by atoms with van der Waals surface area (Å²) in [5.41, 5.74) is -0.00935. The van der Waals surface area contributed by atoms with E-state index in [1.807, 2.05) is 0 Å². The lowest BCUT2D eigenvalue weighted by molar-refractivity contribution is -0.132. The Labute approximate surface area is 139 Å². The molecule has 0 aromatic heterocycles. The molecule has 6 heteroatoms. The van der Waals surface area contributed by atoms with E-state index in [2.05, 4.69) is 10.6 Å². The monoisotopic (exact) mass is 334 g/mol. The van der Waals surface area contributed by atoms with E-state index in [1.165, 1.54) is 6.07 Å². The molecule has 1 aliphatic heterocycles. The molecule has 2 amide bonds. The van der Waals surface area contributed by atoms with Gasteiger partial charge in [0, 0.05) is 12.3 Å². The normalized spacial score (nSPS) is 30.4. The van der Waals surface area contributed by atoms with Crippen molar-refractivity contribution < 1.29 is 18.4 Å². The van der Waals surface area contributed by atoms with E-state index in [1.54, 1.807) is 6.07 Å². The highest BCUT2D eigenvalue weighted by Crippen LogP contribution is 2.49. The Morgan fingerprint density at radius 3 is 2.79 bits per heavy atom. The van der Waals surface area contributed by atoms with E-state index in [0.717, 1.165) is 25.3 Å². The molecule has 1 aromatic carbocycles. The molecule has 128 valence electrons. The molecule has 2 N–H and O–H groups in total. The molecule has 1 spiro atoms. The summed E-state index contributed by atoms with van der Waals surface area (Å²) in [6.45, 7) is 0.